The number of carbonyl (C=O) groups is 3. The van der Waals surface area contributed by atoms with E-state index in [1.807, 2.05) is 5.32 Å². The van der Waals surface area contributed by atoms with Crippen LogP contribution in [0.4, 0.5) is 9.39 Å². The van der Waals surface area contributed by atoms with E-state index in [1.165, 1.54) is 18.3 Å². The number of hydrogen-bond acceptors (Lipinski definition) is 6. The number of fused-ring (bicyclic) bond motifs is 1. The van der Waals surface area contributed by atoms with Crippen molar-refractivity contribution in [2.45, 2.75) is 32.1 Å². The minimum Gasteiger partial charge on any atom is -0.401 e. The monoisotopic (exact) mass is 313 g/mol. The summed E-state index contributed by atoms with van der Waals surface area (Å²) >= 11 is 1.27. The Morgan fingerprint density at radius 3 is 3.00 bits per heavy atom. The van der Waals surface area contributed by atoms with Gasteiger partial charge < -0.3 is 10.2 Å². The molecule has 3 heterocycles. The molecule has 0 spiro atoms. The highest BCUT2D eigenvalue weighted by Gasteiger charge is 2.52. The molecule has 0 unspecified atom stereocenters. The molecule has 2 aliphatic heterocycles. The quantitative estimate of drug-likeness (QED) is 0.626. The normalized spacial score (nSPS) is 25.2. The predicted octanol–water partition coefficient (Wildman–Crippen LogP) is 0.918. The van der Waals surface area contributed by atoms with Crippen molar-refractivity contribution >= 4 is 34.1 Å². The van der Waals surface area contributed by atoms with Crippen LogP contribution in [0.3, 0.4) is 0 Å². The van der Waals surface area contributed by atoms with Crippen LogP contribution in [-0.2, 0) is 20.9 Å². The zero-order valence-electron chi connectivity index (χ0n) is 11.1. The van der Waals surface area contributed by atoms with Crippen LogP contribution in [0.2, 0.25) is 0 Å². The highest BCUT2D eigenvalue weighted by Crippen LogP contribution is 2.43. The summed E-state index contributed by atoms with van der Waals surface area (Å²) in [6.45, 7) is 1.39. The second kappa shape index (κ2) is 4.78. The molecule has 7 nitrogen and oxygen atoms in total. The van der Waals surface area contributed by atoms with Gasteiger partial charge in [0.05, 0.1) is 6.54 Å². The van der Waals surface area contributed by atoms with Crippen LogP contribution in [0.5, 0.6) is 5.75 Å². The molecule has 9 heteroatoms. The summed E-state index contributed by atoms with van der Waals surface area (Å²) < 4.78 is 14.8. The largest absolute Gasteiger partial charge is 0.401 e. The molecule has 0 bridgehead atoms. The van der Waals surface area contributed by atoms with Crippen LogP contribution >= 0.6 is 11.3 Å². The summed E-state index contributed by atoms with van der Waals surface area (Å²) in [6, 6.07) is 0. The Kier molecular flexibility index (Phi) is 3.18. The van der Waals surface area contributed by atoms with E-state index < -0.39 is 17.6 Å². The SMILES string of the molecule is CC(=O)Nc1scc2c1CN([C@]1(F)CCC(=O)NC1=O)O2. The average Bonchev–Trinajstić information content (AvgIpc) is 2.96. The fourth-order valence-corrected chi connectivity index (χ4v) is 3.19. The predicted molar refractivity (Wildman–Crippen MR) is 71.0 cm³/mol. The van der Waals surface area contributed by atoms with Gasteiger partial charge in [-0.05, 0) is 0 Å². The van der Waals surface area contributed by atoms with Crippen molar-refractivity contribution in [1.82, 2.24) is 10.4 Å². The minimum atomic E-state index is -2.39. The molecule has 0 aromatic carbocycles. The Bertz CT molecular complexity index is 646. The van der Waals surface area contributed by atoms with E-state index in [4.69, 9.17) is 4.84 Å². The molecular weight excluding hydrogens is 301 g/mol. The highest BCUT2D eigenvalue weighted by atomic mass is 32.1. The zero-order chi connectivity index (χ0) is 15.2. The van der Waals surface area contributed by atoms with Gasteiger partial charge in [0.2, 0.25) is 11.8 Å². The first-order chi connectivity index (χ1) is 9.90. The summed E-state index contributed by atoms with van der Waals surface area (Å²) in [5.74, 6) is -3.74. The lowest BCUT2D eigenvalue weighted by Crippen LogP contribution is -2.60. The molecule has 1 atom stereocenters. The third kappa shape index (κ3) is 2.28. The molecule has 2 N–H and O–H groups in total. The van der Waals surface area contributed by atoms with E-state index in [-0.39, 0.29) is 25.3 Å². The standard InChI is InChI=1S/C12H12FN3O4S/c1-6(17)14-10-7-4-16(20-8(7)5-21-10)12(13)3-2-9(18)15-11(12)19/h5H,2-4H2,1H3,(H,14,17)(H,15,18,19)/t12-/m1/s1. The Hall–Kier alpha value is -2.00. The molecular formula is C12H12FN3O4S. The molecule has 3 rings (SSSR count). The van der Waals surface area contributed by atoms with Crippen LogP contribution < -0.4 is 15.5 Å². The van der Waals surface area contributed by atoms with Crippen molar-refractivity contribution in [3.05, 3.63) is 10.9 Å². The van der Waals surface area contributed by atoms with E-state index in [2.05, 4.69) is 5.32 Å². The average molecular weight is 313 g/mol. The second-order valence-corrected chi connectivity index (χ2v) is 5.73. The van der Waals surface area contributed by atoms with Gasteiger partial charge >= 0.3 is 0 Å². The minimum absolute atomic E-state index is 0.0204. The molecule has 1 aromatic heterocycles. The van der Waals surface area contributed by atoms with E-state index >= 15 is 0 Å². The number of thiophene rings is 1. The van der Waals surface area contributed by atoms with E-state index in [0.29, 0.717) is 16.3 Å². The molecule has 112 valence electrons. The summed E-state index contributed by atoms with van der Waals surface area (Å²) in [7, 11) is 0. The summed E-state index contributed by atoms with van der Waals surface area (Å²) in [5.41, 5.74) is 0.622. The van der Waals surface area contributed by atoms with Crippen molar-refractivity contribution in [3.63, 3.8) is 0 Å². The van der Waals surface area contributed by atoms with Crippen molar-refractivity contribution in [3.8, 4) is 5.75 Å². The van der Waals surface area contributed by atoms with Crippen LogP contribution in [0.1, 0.15) is 25.3 Å². The van der Waals surface area contributed by atoms with Gasteiger partial charge in [-0.3, -0.25) is 19.7 Å². The molecule has 0 saturated carbocycles. The molecule has 2 aliphatic rings. The molecule has 1 fully saturated rings. The number of nitrogens with zero attached hydrogens (tertiary/aromatic N) is 1. The van der Waals surface area contributed by atoms with Crippen LogP contribution in [0.15, 0.2) is 5.38 Å². The maximum Gasteiger partial charge on any atom is 0.282 e. The molecule has 21 heavy (non-hydrogen) atoms. The first kappa shape index (κ1) is 14.0. The first-order valence-electron chi connectivity index (χ1n) is 6.27. The van der Waals surface area contributed by atoms with E-state index in [1.54, 1.807) is 5.38 Å². The number of rotatable bonds is 2. The summed E-state index contributed by atoms with van der Waals surface area (Å²) in [4.78, 5) is 39.3. The van der Waals surface area contributed by atoms with Crippen molar-refractivity contribution in [1.29, 1.82) is 0 Å². The number of amides is 3. The first-order valence-corrected chi connectivity index (χ1v) is 7.15. The third-order valence-corrected chi connectivity index (χ3v) is 4.25. The van der Waals surface area contributed by atoms with Gasteiger partial charge in [0.1, 0.15) is 5.00 Å². The maximum absolute atomic E-state index is 14.8. The number of imide groups is 1. The topological polar surface area (TPSA) is 87.7 Å². The third-order valence-electron chi connectivity index (χ3n) is 3.33. The lowest BCUT2D eigenvalue weighted by Gasteiger charge is -2.33. The van der Waals surface area contributed by atoms with E-state index in [0.717, 1.165) is 5.06 Å². The number of hydroxylamine groups is 2. The Morgan fingerprint density at radius 1 is 1.57 bits per heavy atom. The van der Waals surface area contributed by atoms with Gasteiger partial charge in [-0.2, -0.15) is 0 Å². The zero-order valence-corrected chi connectivity index (χ0v) is 11.9. The van der Waals surface area contributed by atoms with Crippen LogP contribution in [-0.4, -0.2) is 28.6 Å². The number of alkyl halides is 1. The molecule has 0 radical (unpaired) electrons. The lowest BCUT2D eigenvalue weighted by molar-refractivity contribution is -0.208. The number of carbonyl (C=O) groups excluding carboxylic acids is 3. The molecule has 3 amide bonds. The van der Waals surface area contributed by atoms with E-state index in [9.17, 15) is 18.8 Å². The number of halogens is 1. The number of piperidine rings is 1. The van der Waals surface area contributed by atoms with Gasteiger partial charge in [-0.15, -0.1) is 11.3 Å². The van der Waals surface area contributed by atoms with Crippen molar-refractivity contribution < 1.29 is 23.6 Å². The Balaban J connectivity index is 1.81. The summed E-state index contributed by atoms with van der Waals surface area (Å²) in [6.07, 6.45) is -0.353. The Labute approximate surface area is 123 Å². The fourth-order valence-electron chi connectivity index (χ4n) is 2.27. The van der Waals surface area contributed by atoms with Crippen LogP contribution in [0, 0.1) is 0 Å². The maximum atomic E-state index is 14.8. The number of hydrogen-bond donors (Lipinski definition) is 2. The molecule has 1 saturated heterocycles. The van der Waals surface area contributed by atoms with Crippen molar-refractivity contribution in [2.75, 3.05) is 5.32 Å². The highest BCUT2D eigenvalue weighted by molar-refractivity contribution is 7.14. The second-order valence-electron chi connectivity index (χ2n) is 4.85. The van der Waals surface area contributed by atoms with Gasteiger partial charge in [0.15, 0.2) is 5.75 Å². The van der Waals surface area contributed by atoms with Gasteiger partial charge in [-0.25, -0.2) is 4.39 Å². The van der Waals surface area contributed by atoms with Crippen molar-refractivity contribution in [2.24, 2.45) is 0 Å². The Morgan fingerprint density at radius 2 is 2.33 bits per heavy atom. The fraction of sp³-hybridized carbons (Fsp3) is 0.417. The van der Waals surface area contributed by atoms with Gasteiger partial charge in [0, 0.05) is 30.7 Å². The smallest absolute Gasteiger partial charge is 0.282 e. The lowest BCUT2D eigenvalue weighted by atomic mass is 10.0. The number of nitrogens with one attached hydrogen (secondary N) is 2. The van der Waals surface area contributed by atoms with Crippen LogP contribution in [0.25, 0.3) is 0 Å². The number of anilines is 1. The molecule has 1 aromatic rings. The van der Waals surface area contributed by atoms with Gasteiger partial charge in [-0.1, -0.05) is 5.06 Å². The van der Waals surface area contributed by atoms with Gasteiger partial charge in [0.25, 0.3) is 11.7 Å². The summed E-state index contributed by atoms with van der Waals surface area (Å²) in [5, 5.41) is 7.72. The molecule has 0 aliphatic carbocycles.